The van der Waals surface area contributed by atoms with E-state index in [2.05, 4.69) is 10.3 Å². The third kappa shape index (κ3) is 2.90. The first-order valence-corrected chi connectivity index (χ1v) is 7.84. The van der Waals surface area contributed by atoms with Crippen LogP contribution in [0.3, 0.4) is 0 Å². The number of fused-ring (bicyclic) bond motifs is 1. The van der Waals surface area contributed by atoms with E-state index in [1.807, 2.05) is 12.1 Å². The van der Waals surface area contributed by atoms with Crippen LogP contribution in [0, 0.1) is 0 Å². The summed E-state index contributed by atoms with van der Waals surface area (Å²) in [5.41, 5.74) is 2.59. The van der Waals surface area contributed by atoms with Crippen molar-refractivity contribution in [1.82, 2.24) is 10.3 Å². The van der Waals surface area contributed by atoms with Gasteiger partial charge >= 0.3 is 5.97 Å². The molecule has 6 heteroatoms. The van der Waals surface area contributed by atoms with Gasteiger partial charge in [-0.05, 0) is 31.0 Å². The molecule has 110 valence electrons. The Bertz CT molecular complexity index is 689. The molecule has 2 aromatic rings. The fourth-order valence-electron chi connectivity index (χ4n) is 3.00. The predicted octanol–water partition coefficient (Wildman–Crippen LogP) is 2.81. The summed E-state index contributed by atoms with van der Waals surface area (Å²) in [5, 5.41) is 12.0. The van der Waals surface area contributed by atoms with Crippen molar-refractivity contribution in [2.75, 3.05) is 0 Å². The number of carbonyl (C=O) groups excluding carboxylic acids is 1. The molecule has 1 fully saturated rings. The van der Waals surface area contributed by atoms with E-state index < -0.39 is 11.5 Å². The Morgan fingerprint density at radius 3 is 2.81 bits per heavy atom. The second kappa shape index (κ2) is 5.44. The largest absolute Gasteiger partial charge is 0.481 e. The van der Waals surface area contributed by atoms with Crippen molar-refractivity contribution < 1.29 is 14.7 Å². The van der Waals surface area contributed by atoms with Crippen LogP contribution in [0.25, 0.3) is 10.2 Å². The number of thiazole rings is 1. The summed E-state index contributed by atoms with van der Waals surface area (Å²) in [7, 11) is 0. The number of nitrogens with zero attached hydrogens (tertiary/aromatic N) is 1. The van der Waals surface area contributed by atoms with Crippen LogP contribution >= 0.6 is 11.3 Å². The highest BCUT2D eigenvalue weighted by Crippen LogP contribution is 2.33. The van der Waals surface area contributed by atoms with Gasteiger partial charge in [0, 0.05) is 5.56 Å². The molecule has 0 unspecified atom stereocenters. The second-order valence-electron chi connectivity index (χ2n) is 5.55. The molecule has 1 saturated carbocycles. The summed E-state index contributed by atoms with van der Waals surface area (Å²) < 4.78 is 0.960. The molecule has 0 radical (unpaired) electrons. The van der Waals surface area contributed by atoms with Gasteiger partial charge in [0.25, 0.3) is 5.91 Å². The van der Waals surface area contributed by atoms with Crippen molar-refractivity contribution in [2.45, 2.75) is 37.6 Å². The monoisotopic (exact) mass is 304 g/mol. The fraction of sp³-hybridized carbons (Fsp3) is 0.400. The number of hydrogen-bond acceptors (Lipinski definition) is 4. The fourth-order valence-corrected chi connectivity index (χ4v) is 3.71. The summed E-state index contributed by atoms with van der Waals surface area (Å²) in [6.07, 6.45) is 3.37. The SMILES string of the molecule is O=C(O)CC1(NC(=O)c2ccc3ncsc3c2)CCCC1. The molecular formula is C15H16N2O3S. The van der Waals surface area contributed by atoms with Gasteiger partial charge in [-0.3, -0.25) is 9.59 Å². The van der Waals surface area contributed by atoms with Gasteiger partial charge in [-0.25, -0.2) is 4.98 Å². The van der Waals surface area contributed by atoms with Crippen molar-refractivity contribution >= 4 is 33.4 Å². The van der Waals surface area contributed by atoms with Gasteiger partial charge in [0.15, 0.2) is 0 Å². The van der Waals surface area contributed by atoms with Gasteiger partial charge in [-0.15, -0.1) is 11.3 Å². The van der Waals surface area contributed by atoms with Gasteiger partial charge in [0.05, 0.1) is 27.7 Å². The normalized spacial score (nSPS) is 17.0. The van der Waals surface area contributed by atoms with Crippen LogP contribution < -0.4 is 5.32 Å². The van der Waals surface area contributed by atoms with Crippen LogP contribution in [-0.2, 0) is 4.79 Å². The zero-order chi connectivity index (χ0) is 14.9. The minimum absolute atomic E-state index is 0.0124. The molecule has 0 saturated heterocycles. The van der Waals surface area contributed by atoms with Crippen molar-refractivity contribution in [3.63, 3.8) is 0 Å². The maximum atomic E-state index is 12.4. The van der Waals surface area contributed by atoms with E-state index in [4.69, 9.17) is 5.11 Å². The second-order valence-corrected chi connectivity index (χ2v) is 6.43. The third-order valence-corrected chi connectivity index (χ3v) is 4.81. The highest BCUT2D eigenvalue weighted by atomic mass is 32.1. The lowest BCUT2D eigenvalue weighted by molar-refractivity contribution is -0.138. The number of hydrogen-bond donors (Lipinski definition) is 2. The van der Waals surface area contributed by atoms with Crippen molar-refractivity contribution in [2.24, 2.45) is 0 Å². The summed E-state index contributed by atoms with van der Waals surface area (Å²) in [4.78, 5) is 27.7. The molecule has 1 amide bonds. The van der Waals surface area contributed by atoms with E-state index >= 15 is 0 Å². The molecular weight excluding hydrogens is 288 g/mol. The number of nitrogens with one attached hydrogen (secondary N) is 1. The molecule has 2 N–H and O–H groups in total. The molecule has 21 heavy (non-hydrogen) atoms. The van der Waals surface area contributed by atoms with Gasteiger partial charge in [0.2, 0.25) is 0 Å². The molecule has 1 heterocycles. The van der Waals surface area contributed by atoms with Crippen LogP contribution in [0.1, 0.15) is 42.5 Å². The Balaban J connectivity index is 1.81. The maximum Gasteiger partial charge on any atom is 0.305 e. The number of aliphatic carboxylic acids is 1. The van der Waals surface area contributed by atoms with E-state index in [1.54, 1.807) is 11.6 Å². The van der Waals surface area contributed by atoms with Gasteiger partial charge < -0.3 is 10.4 Å². The summed E-state index contributed by atoms with van der Waals surface area (Å²) in [6.45, 7) is 0. The Morgan fingerprint density at radius 1 is 1.33 bits per heavy atom. The number of amides is 1. The van der Waals surface area contributed by atoms with Crippen LogP contribution in [-0.4, -0.2) is 27.5 Å². The van der Waals surface area contributed by atoms with Crippen molar-refractivity contribution in [3.05, 3.63) is 29.3 Å². The molecule has 5 nitrogen and oxygen atoms in total. The van der Waals surface area contributed by atoms with E-state index in [9.17, 15) is 9.59 Å². The molecule has 1 aliphatic carbocycles. The molecule has 0 bridgehead atoms. The highest BCUT2D eigenvalue weighted by Gasteiger charge is 2.37. The number of carbonyl (C=O) groups is 2. The van der Waals surface area contributed by atoms with E-state index in [0.29, 0.717) is 5.56 Å². The molecule has 0 aliphatic heterocycles. The zero-order valence-corrected chi connectivity index (χ0v) is 12.3. The highest BCUT2D eigenvalue weighted by molar-refractivity contribution is 7.16. The standard InChI is InChI=1S/C15H16N2O3S/c18-13(19)8-15(5-1-2-6-15)17-14(20)10-3-4-11-12(7-10)21-9-16-11/h3-4,7,9H,1-2,5-6,8H2,(H,17,20)(H,18,19). The smallest absolute Gasteiger partial charge is 0.305 e. The maximum absolute atomic E-state index is 12.4. The minimum atomic E-state index is -0.866. The summed E-state index contributed by atoms with van der Waals surface area (Å²) >= 11 is 1.49. The van der Waals surface area contributed by atoms with Gasteiger partial charge in [-0.2, -0.15) is 0 Å². The average Bonchev–Trinajstić information content (AvgIpc) is 3.06. The van der Waals surface area contributed by atoms with E-state index in [1.165, 1.54) is 11.3 Å². The van der Waals surface area contributed by atoms with Crippen LogP contribution in [0.2, 0.25) is 0 Å². The molecule has 1 aromatic carbocycles. The summed E-state index contributed by atoms with van der Waals surface area (Å²) in [6, 6.07) is 5.37. The molecule has 1 aliphatic rings. The van der Waals surface area contributed by atoms with E-state index in [-0.39, 0.29) is 12.3 Å². The zero-order valence-electron chi connectivity index (χ0n) is 11.5. The molecule has 0 atom stereocenters. The minimum Gasteiger partial charge on any atom is -0.481 e. The third-order valence-electron chi connectivity index (χ3n) is 4.02. The summed E-state index contributed by atoms with van der Waals surface area (Å²) in [5.74, 6) is -1.07. The molecule has 0 spiro atoms. The Hall–Kier alpha value is -1.95. The Kier molecular flexibility index (Phi) is 3.63. The number of rotatable bonds is 4. The first-order valence-electron chi connectivity index (χ1n) is 6.96. The number of carboxylic acids is 1. The quantitative estimate of drug-likeness (QED) is 0.910. The van der Waals surface area contributed by atoms with Crippen molar-refractivity contribution in [3.8, 4) is 0 Å². The number of carboxylic acid groups (broad SMARTS) is 1. The Morgan fingerprint density at radius 2 is 2.10 bits per heavy atom. The van der Waals surface area contributed by atoms with Crippen LogP contribution in [0.5, 0.6) is 0 Å². The van der Waals surface area contributed by atoms with Gasteiger partial charge in [-0.1, -0.05) is 12.8 Å². The lowest BCUT2D eigenvalue weighted by Crippen LogP contribution is -2.47. The lowest BCUT2D eigenvalue weighted by Gasteiger charge is -2.28. The average molecular weight is 304 g/mol. The number of aromatic nitrogens is 1. The topological polar surface area (TPSA) is 79.3 Å². The Labute approximate surface area is 126 Å². The predicted molar refractivity (Wildman–Crippen MR) is 80.5 cm³/mol. The van der Waals surface area contributed by atoms with Crippen LogP contribution in [0.15, 0.2) is 23.7 Å². The van der Waals surface area contributed by atoms with Crippen molar-refractivity contribution in [1.29, 1.82) is 0 Å². The first kappa shape index (κ1) is 14.0. The molecule has 1 aromatic heterocycles. The molecule has 3 rings (SSSR count). The number of benzene rings is 1. The lowest BCUT2D eigenvalue weighted by atomic mass is 9.92. The van der Waals surface area contributed by atoms with E-state index in [0.717, 1.165) is 35.9 Å². The van der Waals surface area contributed by atoms with Crippen LogP contribution in [0.4, 0.5) is 0 Å². The van der Waals surface area contributed by atoms with Gasteiger partial charge in [0.1, 0.15) is 0 Å². The first-order chi connectivity index (χ1) is 10.1.